The van der Waals surface area contributed by atoms with Crippen LogP contribution in [0.25, 0.3) is 0 Å². The van der Waals surface area contributed by atoms with Gasteiger partial charge in [-0.05, 0) is 61.2 Å². The van der Waals surface area contributed by atoms with Gasteiger partial charge in [-0.2, -0.15) is 5.10 Å². The van der Waals surface area contributed by atoms with E-state index in [-0.39, 0.29) is 11.8 Å². The van der Waals surface area contributed by atoms with E-state index in [1.165, 1.54) is 12.8 Å². The van der Waals surface area contributed by atoms with Crippen molar-refractivity contribution >= 4 is 29.0 Å². The van der Waals surface area contributed by atoms with E-state index < -0.39 is 6.04 Å². The third-order valence-corrected chi connectivity index (χ3v) is 5.97. The van der Waals surface area contributed by atoms with Gasteiger partial charge in [-0.15, -0.1) is 0 Å². The second kappa shape index (κ2) is 10.3. The Bertz CT molecular complexity index is 1100. The molecule has 33 heavy (non-hydrogen) atoms. The summed E-state index contributed by atoms with van der Waals surface area (Å²) in [6.45, 7) is 2.01. The Balaban J connectivity index is 1.42. The van der Waals surface area contributed by atoms with Gasteiger partial charge in [0.05, 0.1) is 11.9 Å². The van der Waals surface area contributed by atoms with Gasteiger partial charge < -0.3 is 16.0 Å². The average Bonchev–Trinajstić information content (AvgIpc) is 3.45. The number of hydrogen-bond donors (Lipinski definition) is 3. The molecule has 0 aliphatic heterocycles. The first-order valence-electron chi connectivity index (χ1n) is 11.4. The number of amides is 2. The molecular weight excluding hydrogens is 416 g/mol. The molecule has 172 valence electrons. The average molecular weight is 447 g/mol. The predicted molar refractivity (Wildman–Crippen MR) is 128 cm³/mol. The van der Waals surface area contributed by atoms with Gasteiger partial charge >= 0.3 is 0 Å². The lowest BCUT2D eigenvalue weighted by Gasteiger charge is -2.21. The molecule has 3 aromatic rings. The van der Waals surface area contributed by atoms with Gasteiger partial charge in [0, 0.05) is 30.7 Å². The van der Waals surface area contributed by atoms with Crippen molar-refractivity contribution in [2.75, 3.05) is 10.6 Å². The second-order valence-corrected chi connectivity index (χ2v) is 8.72. The van der Waals surface area contributed by atoms with Crippen LogP contribution in [0.1, 0.15) is 48.0 Å². The zero-order valence-corrected chi connectivity index (χ0v) is 19.0. The Morgan fingerprint density at radius 1 is 1.12 bits per heavy atom. The molecule has 2 amide bonds. The number of pyridine rings is 1. The first-order valence-corrected chi connectivity index (χ1v) is 11.4. The fraction of sp³-hybridized carbons (Fsp3) is 0.360. The zero-order chi connectivity index (χ0) is 23.2. The van der Waals surface area contributed by atoms with E-state index in [0.717, 1.165) is 29.9 Å². The van der Waals surface area contributed by atoms with Gasteiger partial charge in [0.25, 0.3) is 5.91 Å². The molecule has 1 fully saturated rings. The second-order valence-electron chi connectivity index (χ2n) is 8.72. The number of hydrogen-bond acceptors (Lipinski definition) is 5. The van der Waals surface area contributed by atoms with Crippen molar-refractivity contribution in [1.29, 1.82) is 0 Å². The molecule has 0 bridgehead atoms. The third kappa shape index (κ3) is 6.19. The largest absolute Gasteiger partial charge is 0.340 e. The predicted octanol–water partition coefficient (Wildman–Crippen LogP) is 4.18. The summed E-state index contributed by atoms with van der Waals surface area (Å²) in [5, 5.41) is 13.2. The number of carbonyl (C=O) groups excluding carboxylic acids is 2. The van der Waals surface area contributed by atoms with Crippen molar-refractivity contribution in [1.82, 2.24) is 20.1 Å². The Morgan fingerprint density at radius 3 is 2.55 bits per heavy atom. The molecule has 4 rings (SSSR count). The van der Waals surface area contributed by atoms with Crippen molar-refractivity contribution in [3.8, 4) is 0 Å². The number of nitrogens with zero attached hydrogens (tertiary/aromatic N) is 3. The zero-order valence-electron chi connectivity index (χ0n) is 19.0. The topological polar surface area (TPSA) is 101 Å². The minimum Gasteiger partial charge on any atom is -0.340 e. The lowest BCUT2D eigenvalue weighted by atomic mass is 9.97. The van der Waals surface area contributed by atoms with Crippen molar-refractivity contribution in [2.45, 2.75) is 45.1 Å². The molecule has 0 unspecified atom stereocenters. The van der Waals surface area contributed by atoms with Crippen LogP contribution < -0.4 is 16.0 Å². The summed E-state index contributed by atoms with van der Waals surface area (Å²) in [5.74, 6) is 0.714. The maximum atomic E-state index is 13.0. The van der Waals surface area contributed by atoms with Crippen LogP contribution in [0.3, 0.4) is 0 Å². The highest BCUT2D eigenvalue weighted by Crippen LogP contribution is 2.29. The number of anilines is 3. The van der Waals surface area contributed by atoms with Crippen LogP contribution in [-0.2, 0) is 11.8 Å². The number of aromatic nitrogens is 3. The SMILES string of the molecule is Cc1ccnc(Nc2ccc(C(=O)N[C@@H](CC3CCCC3)C(=O)Nc3cnn(C)c3)cc2)c1. The van der Waals surface area contributed by atoms with Crippen LogP contribution in [0.4, 0.5) is 17.2 Å². The number of carbonyl (C=O) groups is 2. The van der Waals surface area contributed by atoms with E-state index in [9.17, 15) is 9.59 Å². The van der Waals surface area contributed by atoms with Gasteiger partial charge in [0.15, 0.2) is 0 Å². The number of aryl methyl sites for hydroxylation is 2. The molecule has 0 saturated heterocycles. The summed E-state index contributed by atoms with van der Waals surface area (Å²) in [7, 11) is 1.79. The monoisotopic (exact) mass is 446 g/mol. The number of nitrogens with one attached hydrogen (secondary N) is 3. The van der Waals surface area contributed by atoms with Crippen molar-refractivity contribution in [3.05, 3.63) is 66.1 Å². The highest BCUT2D eigenvalue weighted by molar-refractivity contribution is 6.01. The molecule has 2 heterocycles. The molecule has 2 aromatic heterocycles. The summed E-state index contributed by atoms with van der Waals surface area (Å²) in [5.41, 5.74) is 3.07. The van der Waals surface area contributed by atoms with Crippen LogP contribution in [0.2, 0.25) is 0 Å². The van der Waals surface area contributed by atoms with E-state index in [0.29, 0.717) is 23.6 Å². The van der Waals surface area contributed by atoms with E-state index in [1.807, 2.05) is 31.2 Å². The molecule has 1 atom stereocenters. The van der Waals surface area contributed by atoms with Crippen molar-refractivity contribution in [2.24, 2.45) is 13.0 Å². The van der Waals surface area contributed by atoms with Gasteiger partial charge in [-0.3, -0.25) is 14.3 Å². The van der Waals surface area contributed by atoms with E-state index in [2.05, 4.69) is 26.0 Å². The summed E-state index contributed by atoms with van der Waals surface area (Å²) in [4.78, 5) is 30.2. The van der Waals surface area contributed by atoms with Crippen LogP contribution in [0, 0.1) is 12.8 Å². The highest BCUT2D eigenvalue weighted by Gasteiger charge is 2.27. The van der Waals surface area contributed by atoms with Gasteiger partial charge in [0.2, 0.25) is 5.91 Å². The fourth-order valence-corrected chi connectivity index (χ4v) is 4.22. The molecule has 8 heteroatoms. The van der Waals surface area contributed by atoms with Gasteiger partial charge in [-0.1, -0.05) is 25.7 Å². The Kier molecular flexibility index (Phi) is 7.02. The van der Waals surface area contributed by atoms with Gasteiger partial charge in [-0.25, -0.2) is 4.98 Å². The minimum absolute atomic E-state index is 0.216. The first-order chi connectivity index (χ1) is 16.0. The van der Waals surface area contributed by atoms with Crippen LogP contribution in [0.5, 0.6) is 0 Å². The highest BCUT2D eigenvalue weighted by atomic mass is 16.2. The molecule has 1 aliphatic carbocycles. The van der Waals surface area contributed by atoms with Crippen LogP contribution in [-0.4, -0.2) is 32.6 Å². The minimum atomic E-state index is -0.602. The number of rotatable bonds is 8. The van der Waals surface area contributed by atoms with Crippen molar-refractivity contribution < 1.29 is 9.59 Å². The molecule has 0 spiro atoms. The molecule has 1 aromatic carbocycles. The summed E-state index contributed by atoms with van der Waals surface area (Å²) >= 11 is 0. The Labute approximate surface area is 193 Å². The van der Waals surface area contributed by atoms with Crippen LogP contribution in [0.15, 0.2) is 55.0 Å². The standard InChI is InChI=1S/C25H30N6O2/c1-17-11-12-26-23(13-17)28-20-9-7-19(8-10-20)24(32)30-22(14-18-5-3-4-6-18)25(33)29-21-15-27-31(2)16-21/h7-13,15-16,18,22H,3-6,14H2,1-2H3,(H,26,28)(H,29,33)(H,30,32)/t22-/m0/s1. The van der Waals surface area contributed by atoms with E-state index >= 15 is 0 Å². The lowest BCUT2D eigenvalue weighted by Crippen LogP contribution is -2.44. The molecule has 1 saturated carbocycles. The lowest BCUT2D eigenvalue weighted by molar-refractivity contribution is -0.118. The van der Waals surface area contributed by atoms with Crippen LogP contribution >= 0.6 is 0 Å². The summed E-state index contributed by atoms with van der Waals surface area (Å²) < 4.78 is 1.63. The molecule has 3 N–H and O–H groups in total. The Morgan fingerprint density at radius 2 is 1.88 bits per heavy atom. The molecule has 8 nitrogen and oxygen atoms in total. The molecule has 0 radical (unpaired) electrons. The maximum Gasteiger partial charge on any atom is 0.251 e. The first kappa shape index (κ1) is 22.5. The normalized spacial score (nSPS) is 14.6. The molecule has 1 aliphatic rings. The quantitative estimate of drug-likeness (QED) is 0.482. The Hall–Kier alpha value is -3.68. The number of benzene rings is 1. The summed E-state index contributed by atoms with van der Waals surface area (Å²) in [6.07, 6.45) is 10.3. The molecular formula is C25H30N6O2. The summed E-state index contributed by atoms with van der Waals surface area (Å²) in [6, 6.07) is 10.5. The van der Waals surface area contributed by atoms with Crippen molar-refractivity contribution in [3.63, 3.8) is 0 Å². The van der Waals surface area contributed by atoms with Gasteiger partial charge in [0.1, 0.15) is 11.9 Å². The third-order valence-electron chi connectivity index (χ3n) is 5.97. The van der Waals surface area contributed by atoms with E-state index in [1.54, 1.807) is 42.5 Å². The maximum absolute atomic E-state index is 13.0. The smallest absolute Gasteiger partial charge is 0.251 e. The van der Waals surface area contributed by atoms with E-state index in [4.69, 9.17) is 0 Å². The fourth-order valence-electron chi connectivity index (χ4n) is 4.22.